The summed E-state index contributed by atoms with van der Waals surface area (Å²) >= 11 is 7.40. The number of esters is 1. The molecule has 9 heteroatoms. The van der Waals surface area contributed by atoms with E-state index in [2.05, 4.69) is 4.98 Å². The molecule has 0 N–H and O–H groups in total. The van der Waals surface area contributed by atoms with E-state index >= 15 is 0 Å². The van der Waals surface area contributed by atoms with Gasteiger partial charge in [0.05, 0.1) is 36.6 Å². The van der Waals surface area contributed by atoms with E-state index in [1.807, 2.05) is 0 Å². The molecule has 0 bridgehead atoms. The summed E-state index contributed by atoms with van der Waals surface area (Å²) in [7, 11) is 1.32. The van der Waals surface area contributed by atoms with Crippen LogP contribution in [0.25, 0.3) is 10.9 Å². The van der Waals surface area contributed by atoms with Gasteiger partial charge in [-0.05, 0) is 43.3 Å². The number of fused-ring (bicyclic) bond motifs is 1. The van der Waals surface area contributed by atoms with E-state index < -0.39 is 5.97 Å². The third kappa shape index (κ3) is 4.01. The number of methoxy groups -OCH3 is 1. The van der Waals surface area contributed by atoms with E-state index in [4.69, 9.17) is 25.2 Å². The molecule has 0 unspecified atom stereocenters. The Bertz CT molecular complexity index is 1280. The lowest BCUT2D eigenvalue weighted by Crippen LogP contribution is -2.23. The number of carbonyl (C=O) groups excluding carboxylic acids is 1. The number of thioether (sulfide) groups is 1. The number of ether oxygens (including phenoxy) is 1. The van der Waals surface area contributed by atoms with Crippen LogP contribution in [0.4, 0.5) is 0 Å². The molecule has 3 heterocycles. The maximum absolute atomic E-state index is 13.1. The highest BCUT2D eigenvalue weighted by Crippen LogP contribution is 2.26. The molecule has 30 heavy (non-hydrogen) atoms. The number of aryl methyl sites for hydroxylation is 1. The first kappa shape index (κ1) is 20.3. The van der Waals surface area contributed by atoms with Crippen molar-refractivity contribution in [2.75, 3.05) is 7.11 Å². The molecule has 0 saturated heterocycles. The van der Waals surface area contributed by atoms with E-state index in [9.17, 15) is 9.59 Å². The standard InChI is InChI=1S/C21H17ClN2O5S/c1-12-17(20(26)27-2)9-15(29-12)11-30-21-23-18-8-13(22)5-6-16(18)19(25)24(21)10-14-4-3-7-28-14/h3-9H,10-11H2,1-2H3. The van der Waals surface area contributed by atoms with Crippen molar-refractivity contribution in [3.05, 3.63) is 80.9 Å². The Kier molecular flexibility index (Phi) is 5.69. The minimum Gasteiger partial charge on any atom is -0.467 e. The van der Waals surface area contributed by atoms with E-state index in [0.717, 1.165) is 0 Å². The maximum atomic E-state index is 13.1. The lowest BCUT2D eigenvalue weighted by atomic mass is 10.2. The Morgan fingerprint density at radius 3 is 2.83 bits per heavy atom. The Balaban J connectivity index is 1.71. The van der Waals surface area contributed by atoms with Gasteiger partial charge in [0.25, 0.3) is 5.56 Å². The van der Waals surface area contributed by atoms with E-state index in [-0.39, 0.29) is 12.1 Å². The number of benzene rings is 1. The molecule has 1 aromatic carbocycles. The Morgan fingerprint density at radius 1 is 1.27 bits per heavy atom. The van der Waals surface area contributed by atoms with Crippen molar-refractivity contribution in [2.45, 2.75) is 24.4 Å². The molecule has 0 fully saturated rings. The molecule has 0 radical (unpaired) electrons. The number of hydrogen-bond acceptors (Lipinski definition) is 7. The summed E-state index contributed by atoms with van der Waals surface area (Å²) in [6, 6.07) is 10.2. The van der Waals surface area contributed by atoms with Crippen LogP contribution >= 0.6 is 23.4 Å². The van der Waals surface area contributed by atoms with Crippen LogP contribution < -0.4 is 5.56 Å². The number of furan rings is 2. The summed E-state index contributed by atoms with van der Waals surface area (Å²) in [5.74, 6) is 1.59. The summed E-state index contributed by atoms with van der Waals surface area (Å²) < 4.78 is 17.4. The van der Waals surface area contributed by atoms with Crippen molar-refractivity contribution in [1.29, 1.82) is 0 Å². The summed E-state index contributed by atoms with van der Waals surface area (Å²) in [5, 5.41) is 1.45. The van der Waals surface area contributed by atoms with Crippen LogP contribution in [0.5, 0.6) is 0 Å². The van der Waals surface area contributed by atoms with E-state index in [0.29, 0.717) is 49.7 Å². The van der Waals surface area contributed by atoms with Gasteiger partial charge < -0.3 is 13.6 Å². The zero-order valence-electron chi connectivity index (χ0n) is 16.2. The second kappa shape index (κ2) is 8.41. The maximum Gasteiger partial charge on any atom is 0.341 e. The van der Waals surface area contributed by atoms with Gasteiger partial charge in [0.2, 0.25) is 0 Å². The molecular weight excluding hydrogens is 428 g/mol. The van der Waals surface area contributed by atoms with Crippen molar-refractivity contribution in [2.24, 2.45) is 0 Å². The fourth-order valence-electron chi connectivity index (χ4n) is 3.04. The smallest absolute Gasteiger partial charge is 0.341 e. The second-order valence-electron chi connectivity index (χ2n) is 6.49. The highest BCUT2D eigenvalue weighted by Gasteiger charge is 2.18. The lowest BCUT2D eigenvalue weighted by molar-refractivity contribution is 0.0599. The van der Waals surface area contributed by atoms with E-state index in [1.165, 1.54) is 18.9 Å². The second-order valence-corrected chi connectivity index (χ2v) is 7.87. The Morgan fingerprint density at radius 2 is 2.10 bits per heavy atom. The molecule has 4 aromatic rings. The fourth-order valence-corrected chi connectivity index (χ4v) is 4.09. The van der Waals surface area contributed by atoms with Crippen LogP contribution in [0.1, 0.15) is 27.6 Å². The molecule has 3 aromatic heterocycles. The van der Waals surface area contributed by atoms with Gasteiger partial charge in [0.1, 0.15) is 22.8 Å². The number of carbonyl (C=O) groups is 1. The molecule has 7 nitrogen and oxygen atoms in total. The minimum absolute atomic E-state index is 0.193. The Hall–Kier alpha value is -2.97. The molecule has 0 amide bonds. The van der Waals surface area contributed by atoms with Crippen LogP contribution in [0.3, 0.4) is 0 Å². The normalized spacial score (nSPS) is 11.2. The van der Waals surface area contributed by atoms with Crippen LogP contribution in [-0.2, 0) is 17.0 Å². The zero-order chi connectivity index (χ0) is 21.3. The molecule has 0 spiro atoms. The van der Waals surface area contributed by atoms with Crippen molar-refractivity contribution >= 4 is 40.2 Å². The van der Waals surface area contributed by atoms with E-state index in [1.54, 1.807) is 54.2 Å². The van der Waals surface area contributed by atoms with Gasteiger partial charge in [0, 0.05) is 5.02 Å². The van der Waals surface area contributed by atoms with Gasteiger partial charge in [-0.3, -0.25) is 9.36 Å². The summed E-state index contributed by atoms with van der Waals surface area (Å²) in [6.45, 7) is 1.94. The third-order valence-corrected chi connectivity index (χ3v) is 5.73. The molecule has 4 rings (SSSR count). The monoisotopic (exact) mass is 444 g/mol. The number of nitrogens with zero attached hydrogens (tertiary/aromatic N) is 2. The minimum atomic E-state index is -0.458. The highest BCUT2D eigenvalue weighted by atomic mass is 35.5. The van der Waals surface area contributed by atoms with Gasteiger partial charge >= 0.3 is 5.97 Å². The Labute approximate surface area is 180 Å². The lowest BCUT2D eigenvalue weighted by Gasteiger charge is -2.12. The molecule has 0 aliphatic rings. The predicted molar refractivity (Wildman–Crippen MR) is 113 cm³/mol. The average Bonchev–Trinajstić information content (AvgIpc) is 3.37. The first-order valence-electron chi connectivity index (χ1n) is 8.99. The molecule has 0 atom stereocenters. The number of aromatic nitrogens is 2. The summed E-state index contributed by atoms with van der Waals surface area (Å²) in [4.78, 5) is 29.6. The highest BCUT2D eigenvalue weighted by molar-refractivity contribution is 7.98. The van der Waals surface area contributed by atoms with Crippen molar-refractivity contribution < 1.29 is 18.4 Å². The van der Waals surface area contributed by atoms with Gasteiger partial charge in [-0.25, -0.2) is 9.78 Å². The SMILES string of the molecule is COC(=O)c1cc(CSc2nc3cc(Cl)ccc3c(=O)n2Cc2ccco2)oc1C. The van der Waals surface area contributed by atoms with Gasteiger partial charge in [-0.1, -0.05) is 23.4 Å². The van der Waals surface area contributed by atoms with Crippen molar-refractivity contribution in [3.8, 4) is 0 Å². The predicted octanol–water partition coefficient (Wildman–Crippen LogP) is 4.67. The average molecular weight is 445 g/mol. The number of hydrogen-bond donors (Lipinski definition) is 0. The number of rotatable bonds is 6. The van der Waals surface area contributed by atoms with Crippen LogP contribution in [0, 0.1) is 6.92 Å². The first-order chi connectivity index (χ1) is 14.5. The topological polar surface area (TPSA) is 87.5 Å². The quantitative estimate of drug-likeness (QED) is 0.242. The van der Waals surface area contributed by atoms with Crippen LogP contribution in [-0.4, -0.2) is 22.6 Å². The molecule has 0 aliphatic carbocycles. The number of halogens is 1. The first-order valence-corrected chi connectivity index (χ1v) is 10.4. The summed E-state index contributed by atoms with van der Waals surface area (Å²) in [5.41, 5.74) is 0.692. The fraction of sp³-hybridized carbons (Fsp3) is 0.190. The molecule has 0 aliphatic heterocycles. The van der Waals surface area contributed by atoms with Gasteiger partial charge in [-0.2, -0.15) is 0 Å². The van der Waals surface area contributed by atoms with Crippen molar-refractivity contribution in [3.63, 3.8) is 0 Å². The zero-order valence-corrected chi connectivity index (χ0v) is 17.7. The van der Waals surface area contributed by atoms with Crippen molar-refractivity contribution in [1.82, 2.24) is 9.55 Å². The third-order valence-electron chi connectivity index (χ3n) is 4.49. The summed E-state index contributed by atoms with van der Waals surface area (Å²) in [6.07, 6.45) is 1.56. The molecule has 0 saturated carbocycles. The van der Waals surface area contributed by atoms with Gasteiger partial charge in [0.15, 0.2) is 5.16 Å². The molecular formula is C21H17ClN2O5S. The molecule has 154 valence electrons. The van der Waals surface area contributed by atoms with Gasteiger partial charge in [-0.15, -0.1) is 0 Å². The van der Waals surface area contributed by atoms with Crippen LogP contribution in [0.2, 0.25) is 5.02 Å². The largest absolute Gasteiger partial charge is 0.467 e. The van der Waals surface area contributed by atoms with Crippen LogP contribution in [0.15, 0.2) is 61.4 Å².